The summed E-state index contributed by atoms with van der Waals surface area (Å²) < 4.78 is 0.610. The molecule has 1 aromatic carbocycles. The van der Waals surface area contributed by atoms with E-state index < -0.39 is 0 Å². The number of hydrogen-bond donors (Lipinski definition) is 1. The second kappa shape index (κ2) is 2.06. The van der Waals surface area contributed by atoms with Gasteiger partial charge >= 0.3 is 0 Å². The molecule has 0 saturated carbocycles. The molecular formula is C9H13N2+. The summed E-state index contributed by atoms with van der Waals surface area (Å²) in [6.45, 7) is 1.94. The standard InChI is InChI=1S/C9H13N2/c1-11(10)6-8-4-2-3-5-9(8)7-11/h2-5H,6-7,10H2,1H3/q+1. The number of benzene rings is 1. The fourth-order valence-corrected chi connectivity index (χ4v) is 1.70. The van der Waals surface area contributed by atoms with Crippen molar-refractivity contribution in [2.45, 2.75) is 13.1 Å². The number of nitrogens with two attached hydrogens (primary N) is 1. The van der Waals surface area contributed by atoms with Crippen LogP contribution in [0.1, 0.15) is 11.1 Å². The topological polar surface area (TPSA) is 26.0 Å². The molecule has 0 atom stereocenters. The van der Waals surface area contributed by atoms with Crippen molar-refractivity contribution in [2.24, 2.45) is 5.84 Å². The van der Waals surface area contributed by atoms with Crippen LogP contribution in [0.15, 0.2) is 24.3 Å². The highest BCUT2D eigenvalue weighted by atomic mass is 15.6. The summed E-state index contributed by atoms with van der Waals surface area (Å²) in [5.41, 5.74) is 2.80. The molecule has 0 bridgehead atoms. The molecule has 1 aliphatic heterocycles. The normalized spacial score (nSPS) is 19.8. The van der Waals surface area contributed by atoms with Crippen LogP contribution < -0.4 is 5.84 Å². The molecule has 0 aliphatic carbocycles. The maximum Gasteiger partial charge on any atom is 0.122 e. The molecule has 0 aromatic heterocycles. The molecule has 2 heteroatoms. The first kappa shape index (κ1) is 6.83. The van der Waals surface area contributed by atoms with Crippen LogP contribution >= 0.6 is 0 Å². The minimum Gasteiger partial charge on any atom is -0.243 e. The van der Waals surface area contributed by atoms with Crippen LogP contribution in [-0.2, 0) is 13.1 Å². The van der Waals surface area contributed by atoms with E-state index in [-0.39, 0.29) is 0 Å². The average Bonchev–Trinajstić information content (AvgIpc) is 2.21. The van der Waals surface area contributed by atoms with Gasteiger partial charge < -0.3 is 0 Å². The lowest BCUT2D eigenvalue weighted by Crippen LogP contribution is -2.45. The fourth-order valence-electron chi connectivity index (χ4n) is 1.70. The highest BCUT2D eigenvalue weighted by Gasteiger charge is 2.27. The molecule has 1 aromatic rings. The van der Waals surface area contributed by atoms with Gasteiger partial charge in [-0.05, 0) is 0 Å². The summed E-state index contributed by atoms with van der Waals surface area (Å²) >= 11 is 0. The van der Waals surface area contributed by atoms with Gasteiger partial charge in [0.2, 0.25) is 0 Å². The van der Waals surface area contributed by atoms with Crippen molar-refractivity contribution in [1.29, 1.82) is 0 Å². The molecule has 0 spiro atoms. The van der Waals surface area contributed by atoms with E-state index in [9.17, 15) is 0 Å². The molecule has 58 valence electrons. The molecule has 2 rings (SSSR count). The van der Waals surface area contributed by atoms with Crippen molar-refractivity contribution >= 4 is 0 Å². The van der Waals surface area contributed by atoms with E-state index in [1.54, 1.807) is 0 Å². The Labute approximate surface area is 66.8 Å². The van der Waals surface area contributed by atoms with E-state index in [1.165, 1.54) is 11.1 Å². The number of rotatable bonds is 0. The van der Waals surface area contributed by atoms with Gasteiger partial charge in [0.05, 0.1) is 7.05 Å². The summed E-state index contributed by atoms with van der Waals surface area (Å²) in [6, 6.07) is 8.46. The molecule has 0 unspecified atom stereocenters. The monoisotopic (exact) mass is 149 g/mol. The largest absolute Gasteiger partial charge is 0.243 e. The smallest absolute Gasteiger partial charge is 0.122 e. The van der Waals surface area contributed by atoms with Gasteiger partial charge in [0.25, 0.3) is 0 Å². The van der Waals surface area contributed by atoms with Crippen LogP contribution in [0, 0.1) is 0 Å². The maximum atomic E-state index is 5.97. The van der Waals surface area contributed by atoms with Gasteiger partial charge in [-0.3, -0.25) is 0 Å². The quantitative estimate of drug-likeness (QED) is 0.432. The van der Waals surface area contributed by atoms with Crippen molar-refractivity contribution in [3.05, 3.63) is 35.4 Å². The van der Waals surface area contributed by atoms with Crippen LogP contribution in [0.3, 0.4) is 0 Å². The number of nitrogens with zero attached hydrogens (tertiary/aromatic N) is 1. The molecule has 0 amide bonds. The molecule has 1 aliphatic rings. The predicted octanol–water partition coefficient (Wildman–Crippen LogP) is 1.02. The average molecular weight is 149 g/mol. The van der Waals surface area contributed by atoms with Crippen molar-refractivity contribution < 1.29 is 4.59 Å². The molecule has 11 heavy (non-hydrogen) atoms. The third-order valence-corrected chi connectivity index (χ3v) is 2.18. The Morgan fingerprint density at radius 3 is 2.09 bits per heavy atom. The molecule has 2 nitrogen and oxygen atoms in total. The third-order valence-electron chi connectivity index (χ3n) is 2.18. The van der Waals surface area contributed by atoms with Crippen molar-refractivity contribution in [3.8, 4) is 0 Å². The predicted molar refractivity (Wildman–Crippen MR) is 44.2 cm³/mol. The zero-order valence-corrected chi connectivity index (χ0v) is 6.75. The number of hydrogen-bond acceptors (Lipinski definition) is 1. The van der Waals surface area contributed by atoms with Crippen LogP contribution in [0.4, 0.5) is 0 Å². The number of quaternary nitrogens is 1. The Morgan fingerprint density at radius 2 is 1.64 bits per heavy atom. The highest BCUT2D eigenvalue weighted by Crippen LogP contribution is 2.23. The molecule has 2 N–H and O–H groups in total. The van der Waals surface area contributed by atoms with Crippen molar-refractivity contribution in [1.82, 2.24) is 0 Å². The summed E-state index contributed by atoms with van der Waals surface area (Å²) in [5.74, 6) is 5.97. The van der Waals surface area contributed by atoms with E-state index in [0.717, 1.165) is 13.1 Å². The Kier molecular flexibility index (Phi) is 1.28. The van der Waals surface area contributed by atoms with Gasteiger partial charge in [0.1, 0.15) is 13.1 Å². The maximum absolute atomic E-state index is 5.97. The van der Waals surface area contributed by atoms with Crippen LogP contribution in [0.25, 0.3) is 0 Å². The minimum atomic E-state index is 0.610. The Bertz CT molecular complexity index is 252. The molecule has 0 fully saturated rings. The molecular weight excluding hydrogens is 136 g/mol. The fraction of sp³-hybridized carbons (Fsp3) is 0.333. The van der Waals surface area contributed by atoms with Gasteiger partial charge in [-0.2, -0.15) is 5.84 Å². The van der Waals surface area contributed by atoms with Crippen LogP contribution in [0.5, 0.6) is 0 Å². The lowest BCUT2D eigenvalue weighted by Gasteiger charge is -2.20. The van der Waals surface area contributed by atoms with Gasteiger partial charge in [-0.25, -0.2) is 4.59 Å². The Balaban J connectivity index is 2.41. The van der Waals surface area contributed by atoms with Crippen molar-refractivity contribution in [2.75, 3.05) is 7.05 Å². The second-order valence-corrected chi connectivity index (χ2v) is 3.56. The van der Waals surface area contributed by atoms with Gasteiger partial charge in [-0.15, -0.1) is 0 Å². The molecule has 0 saturated heterocycles. The zero-order valence-electron chi connectivity index (χ0n) is 6.75. The minimum absolute atomic E-state index is 0.610. The van der Waals surface area contributed by atoms with Gasteiger partial charge in [0.15, 0.2) is 0 Å². The van der Waals surface area contributed by atoms with E-state index >= 15 is 0 Å². The van der Waals surface area contributed by atoms with Crippen LogP contribution in [-0.4, -0.2) is 11.6 Å². The SMILES string of the molecule is C[N+]1(N)Cc2ccccc2C1. The third kappa shape index (κ3) is 1.15. The first-order valence-corrected chi connectivity index (χ1v) is 3.87. The zero-order chi connectivity index (χ0) is 7.90. The molecule has 0 radical (unpaired) electrons. The Hall–Kier alpha value is -0.860. The first-order valence-electron chi connectivity index (χ1n) is 3.87. The Morgan fingerprint density at radius 1 is 1.18 bits per heavy atom. The second-order valence-electron chi connectivity index (χ2n) is 3.56. The highest BCUT2D eigenvalue weighted by molar-refractivity contribution is 5.27. The van der Waals surface area contributed by atoms with E-state index in [4.69, 9.17) is 5.84 Å². The van der Waals surface area contributed by atoms with Gasteiger partial charge in [-0.1, -0.05) is 24.3 Å². The first-order chi connectivity index (χ1) is 5.17. The van der Waals surface area contributed by atoms with E-state index in [1.807, 2.05) is 0 Å². The number of fused-ring (bicyclic) bond motifs is 1. The van der Waals surface area contributed by atoms with Gasteiger partial charge in [0, 0.05) is 11.1 Å². The summed E-state index contributed by atoms with van der Waals surface area (Å²) in [4.78, 5) is 0. The summed E-state index contributed by atoms with van der Waals surface area (Å²) in [5, 5.41) is 0. The summed E-state index contributed by atoms with van der Waals surface area (Å²) in [6.07, 6.45) is 0. The van der Waals surface area contributed by atoms with E-state index in [2.05, 4.69) is 31.3 Å². The van der Waals surface area contributed by atoms with Crippen LogP contribution in [0.2, 0.25) is 0 Å². The van der Waals surface area contributed by atoms with E-state index in [0.29, 0.717) is 4.59 Å². The lowest BCUT2D eigenvalue weighted by atomic mass is 10.1. The lowest BCUT2D eigenvalue weighted by molar-refractivity contribution is -0.940. The summed E-state index contributed by atoms with van der Waals surface area (Å²) in [7, 11) is 2.06. The van der Waals surface area contributed by atoms with Crippen molar-refractivity contribution in [3.63, 3.8) is 0 Å². The molecule has 1 heterocycles.